The van der Waals surface area contributed by atoms with Crippen LogP contribution in [0.2, 0.25) is 0 Å². The Kier molecular flexibility index (Phi) is 6.49. The molecule has 2 rings (SSSR count). The van der Waals surface area contributed by atoms with E-state index in [1.807, 2.05) is 0 Å². The molecule has 0 bridgehead atoms. The molecule has 11 heteroatoms. The summed E-state index contributed by atoms with van der Waals surface area (Å²) in [6.45, 7) is 1.25. The predicted molar refractivity (Wildman–Crippen MR) is 94.4 cm³/mol. The van der Waals surface area contributed by atoms with Crippen molar-refractivity contribution >= 4 is 27.1 Å². The molecule has 0 fully saturated rings. The van der Waals surface area contributed by atoms with Crippen molar-refractivity contribution in [3.05, 3.63) is 48.3 Å². The fraction of sp³-hybridized carbons (Fsp3) is 0.235. The molecule has 0 atom stereocenters. The molecule has 0 saturated carbocycles. The number of alkyl halides is 3. The number of benzene rings is 2. The van der Waals surface area contributed by atoms with Crippen LogP contribution in [0.5, 0.6) is 5.75 Å². The number of ether oxygens (including phenoxy) is 1. The number of nitrogens with one attached hydrogen (secondary N) is 2. The molecule has 0 radical (unpaired) electrons. The maximum absolute atomic E-state index is 13.3. The van der Waals surface area contributed by atoms with Crippen molar-refractivity contribution < 1.29 is 35.5 Å². The van der Waals surface area contributed by atoms with Gasteiger partial charge in [0.15, 0.2) is 0 Å². The quantitative estimate of drug-likeness (QED) is 0.529. The fourth-order valence-electron chi connectivity index (χ4n) is 2.21. The van der Waals surface area contributed by atoms with Crippen molar-refractivity contribution in [2.24, 2.45) is 0 Å². The summed E-state index contributed by atoms with van der Waals surface area (Å²) in [7, 11) is -5.72. The van der Waals surface area contributed by atoms with Gasteiger partial charge < -0.3 is 15.4 Å². The van der Waals surface area contributed by atoms with Crippen LogP contribution in [0.3, 0.4) is 0 Å². The molecular formula is C17H16F4N2O4S. The Morgan fingerprint density at radius 2 is 1.86 bits per heavy atom. The highest BCUT2D eigenvalue weighted by Crippen LogP contribution is 2.34. The van der Waals surface area contributed by atoms with Crippen molar-refractivity contribution in [1.82, 2.24) is 0 Å². The molecule has 0 spiro atoms. The minimum atomic E-state index is -5.72. The topological polar surface area (TPSA) is 84.5 Å². The Morgan fingerprint density at radius 1 is 1.14 bits per heavy atom. The van der Waals surface area contributed by atoms with E-state index in [4.69, 9.17) is 4.74 Å². The highest BCUT2D eigenvalue weighted by molar-refractivity contribution is 7.92. The van der Waals surface area contributed by atoms with Gasteiger partial charge in [0, 0.05) is 25.2 Å². The Hall–Kier alpha value is -2.82. The first-order chi connectivity index (χ1) is 13.0. The van der Waals surface area contributed by atoms with E-state index < -0.39 is 31.7 Å². The molecule has 28 heavy (non-hydrogen) atoms. The van der Waals surface area contributed by atoms with Gasteiger partial charge in [-0.15, -0.1) is 0 Å². The third kappa shape index (κ3) is 5.35. The zero-order chi connectivity index (χ0) is 20.9. The van der Waals surface area contributed by atoms with E-state index in [0.717, 1.165) is 12.1 Å². The molecule has 0 aliphatic heterocycles. The van der Waals surface area contributed by atoms with E-state index in [-0.39, 0.29) is 19.1 Å². The summed E-state index contributed by atoms with van der Waals surface area (Å²) in [6, 6.07) is 8.46. The molecule has 0 unspecified atom stereocenters. The molecule has 152 valence electrons. The third-order valence-corrected chi connectivity index (χ3v) is 4.90. The van der Waals surface area contributed by atoms with Crippen molar-refractivity contribution in [3.8, 4) is 5.75 Å². The first kappa shape index (κ1) is 21.5. The monoisotopic (exact) mass is 420 g/mol. The number of sulfone groups is 1. The Labute approximate surface area is 158 Å². The van der Waals surface area contributed by atoms with Crippen molar-refractivity contribution in [2.75, 3.05) is 23.8 Å². The zero-order valence-corrected chi connectivity index (χ0v) is 15.3. The lowest BCUT2D eigenvalue weighted by molar-refractivity contribution is -0.114. The van der Waals surface area contributed by atoms with Crippen LogP contribution in [-0.2, 0) is 14.6 Å². The van der Waals surface area contributed by atoms with Crippen LogP contribution in [0.25, 0.3) is 0 Å². The van der Waals surface area contributed by atoms with E-state index in [1.165, 1.54) is 6.92 Å². The van der Waals surface area contributed by atoms with E-state index in [1.54, 1.807) is 24.3 Å². The SMILES string of the molecule is CC(=O)Nc1cccc(OCCNc2ccc(F)cc2S(=O)(=O)C(F)(F)F)c1. The molecule has 0 saturated heterocycles. The van der Waals surface area contributed by atoms with Crippen LogP contribution in [0.15, 0.2) is 47.4 Å². The molecule has 2 aromatic carbocycles. The number of amides is 1. The van der Waals surface area contributed by atoms with Gasteiger partial charge in [0.25, 0.3) is 9.84 Å². The number of rotatable bonds is 7. The van der Waals surface area contributed by atoms with Gasteiger partial charge in [-0.3, -0.25) is 4.79 Å². The van der Waals surface area contributed by atoms with Gasteiger partial charge in [-0.1, -0.05) is 6.07 Å². The van der Waals surface area contributed by atoms with Crippen LogP contribution in [0, 0.1) is 5.82 Å². The smallest absolute Gasteiger partial charge is 0.492 e. The van der Waals surface area contributed by atoms with E-state index in [0.29, 0.717) is 17.5 Å². The van der Waals surface area contributed by atoms with Crippen LogP contribution in [0.4, 0.5) is 28.9 Å². The number of hydrogen-bond acceptors (Lipinski definition) is 5. The molecule has 6 nitrogen and oxygen atoms in total. The van der Waals surface area contributed by atoms with Gasteiger partial charge in [0.1, 0.15) is 23.1 Å². The highest BCUT2D eigenvalue weighted by atomic mass is 32.2. The van der Waals surface area contributed by atoms with Gasteiger partial charge in [0.2, 0.25) is 5.91 Å². The number of hydrogen-bond donors (Lipinski definition) is 2. The molecule has 0 aliphatic carbocycles. The van der Waals surface area contributed by atoms with Gasteiger partial charge in [0.05, 0.1) is 5.69 Å². The maximum Gasteiger partial charge on any atom is 0.501 e. The zero-order valence-electron chi connectivity index (χ0n) is 14.5. The lowest BCUT2D eigenvalue weighted by Gasteiger charge is -2.15. The number of carbonyl (C=O) groups excluding carboxylic acids is 1. The van der Waals surface area contributed by atoms with Crippen LogP contribution < -0.4 is 15.4 Å². The standard InChI is InChI=1S/C17H16F4N2O4S/c1-11(24)23-13-3-2-4-14(10-13)27-8-7-22-15-6-5-12(18)9-16(15)28(25,26)17(19,20)21/h2-6,9-10,22H,7-8H2,1H3,(H,23,24). The average Bonchev–Trinajstić information content (AvgIpc) is 2.58. The minimum Gasteiger partial charge on any atom is -0.492 e. The first-order valence-corrected chi connectivity index (χ1v) is 9.34. The second-order valence-electron chi connectivity index (χ2n) is 5.57. The van der Waals surface area contributed by atoms with E-state index in [2.05, 4.69) is 10.6 Å². The number of anilines is 2. The summed E-state index contributed by atoms with van der Waals surface area (Å²) in [5, 5.41) is 5.06. The van der Waals surface area contributed by atoms with Gasteiger partial charge >= 0.3 is 5.51 Å². The number of carbonyl (C=O) groups is 1. The molecule has 2 aromatic rings. The fourth-order valence-corrected chi connectivity index (χ4v) is 3.16. The molecule has 0 aromatic heterocycles. The van der Waals surface area contributed by atoms with Gasteiger partial charge in [-0.25, -0.2) is 12.8 Å². The molecule has 0 aliphatic rings. The van der Waals surface area contributed by atoms with E-state index in [9.17, 15) is 30.8 Å². The summed E-state index contributed by atoms with van der Waals surface area (Å²) >= 11 is 0. The van der Waals surface area contributed by atoms with Crippen LogP contribution in [-0.4, -0.2) is 33.0 Å². The molecule has 1 amide bonds. The lowest BCUT2D eigenvalue weighted by Crippen LogP contribution is -2.25. The summed E-state index contributed by atoms with van der Waals surface area (Å²) in [4.78, 5) is 9.83. The van der Waals surface area contributed by atoms with Crippen LogP contribution >= 0.6 is 0 Å². The van der Waals surface area contributed by atoms with Crippen LogP contribution in [0.1, 0.15) is 6.92 Å². The molecular weight excluding hydrogens is 404 g/mol. The van der Waals surface area contributed by atoms with Crippen molar-refractivity contribution in [3.63, 3.8) is 0 Å². The first-order valence-electron chi connectivity index (χ1n) is 7.86. The normalized spacial score (nSPS) is 11.8. The summed E-state index contributed by atoms with van der Waals surface area (Å²) in [5.41, 5.74) is -5.46. The van der Waals surface area contributed by atoms with Crippen molar-refractivity contribution in [2.45, 2.75) is 17.3 Å². The summed E-state index contributed by atoms with van der Waals surface area (Å²) in [6.07, 6.45) is 0. The second-order valence-corrected chi connectivity index (χ2v) is 7.48. The van der Waals surface area contributed by atoms with Crippen molar-refractivity contribution in [1.29, 1.82) is 0 Å². The maximum atomic E-state index is 13.3. The Bertz CT molecular complexity index is 962. The summed E-state index contributed by atoms with van der Waals surface area (Å²) < 4.78 is 80.2. The third-order valence-electron chi connectivity index (χ3n) is 3.38. The Morgan fingerprint density at radius 3 is 2.50 bits per heavy atom. The van der Waals surface area contributed by atoms with Gasteiger partial charge in [-0.2, -0.15) is 13.2 Å². The second kappa shape index (κ2) is 8.46. The van der Waals surface area contributed by atoms with E-state index >= 15 is 0 Å². The molecule has 2 N–H and O–H groups in total. The largest absolute Gasteiger partial charge is 0.501 e. The Balaban J connectivity index is 2.05. The average molecular weight is 420 g/mol. The number of halogens is 4. The highest BCUT2D eigenvalue weighted by Gasteiger charge is 2.48. The lowest BCUT2D eigenvalue weighted by atomic mass is 10.3. The summed E-state index contributed by atoms with van der Waals surface area (Å²) in [5.74, 6) is -0.997. The van der Waals surface area contributed by atoms with Gasteiger partial charge in [-0.05, 0) is 30.3 Å². The minimum absolute atomic E-state index is 0.0353. The molecule has 0 heterocycles. The predicted octanol–water partition coefficient (Wildman–Crippen LogP) is 3.57.